The molecule has 2 aromatic rings. The Balaban J connectivity index is 2.37. The maximum absolute atomic E-state index is 11.1. The molecule has 5 heteroatoms. The molecule has 0 aromatic heterocycles. The van der Waals surface area contributed by atoms with Gasteiger partial charge in [0.25, 0.3) is 0 Å². The zero-order valence-electron chi connectivity index (χ0n) is 10.2. The van der Waals surface area contributed by atoms with E-state index in [1.54, 1.807) is 31.2 Å². The van der Waals surface area contributed by atoms with Crippen LogP contribution in [-0.4, -0.2) is 16.2 Å². The van der Waals surface area contributed by atoms with Crippen LogP contribution in [0.5, 0.6) is 5.75 Å². The summed E-state index contributed by atoms with van der Waals surface area (Å²) in [6.45, 7) is 1.78. The lowest BCUT2D eigenvalue weighted by Gasteiger charge is -2.03. The summed E-state index contributed by atoms with van der Waals surface area (Å²) in [6.07, 6.45) is 0. The first-order valence-electron chi connectivity index (χ1n) is 5.61. The van der Waals surface area contributed by atoms with Crippen LogP contribution in [0.2, 0.25) is 0 Å². The van der Waals surface area contributed by atoms with Gasteiger partial charge in [0.05, 0.1) is 11.3 Å². The van der Waals surface area contributed by atoms with E-state index >= 15 is 0 Å². The van der Waals surface area contributed by atoms with Gasteiger partial charge >= 0.3 is 5.97 Å². The van der Waals surface area contributed by atoms with Crippen LogP contribution in [-0.2, 0) is 0 Å². The Morgan fingerprint density at radius 3 is 2.37 bits per heavy atom. The number of aromatic hydroxyl groups is 1. The summed E-state index contributed by atoms with van der Waals surface area (Å²) in [5.41, 5.74) is 1.73. The molecule has 5 nitrogen and oxygen atoms in total. The molecule has 96 valence electrons. The second kappa shape index (κ2) is 5.30. The highest BCUT2D eigenvalue weighted by Crippen LogP contribution is 2.26. The van der Waals surface area contributed by atoms with Gasteiger partial charge in [-0.25, -0.2) is 4.79 Å². The molecule has 0 heterocycles. The van der Waals surface area contributed by atoms with Crippen molar-refractivity contribution >= 4 is 17.3 Å². The average molecular weight is 256 g/mol. The van der Waals surface area contributed by atoms with Crippen molar-refractivity contribution in [1.29, 1.82) is 0 Å². The first-order chi connectivity index (χ1) is 9.08. The maximum atomic E-state index is 11.1. The van der Waals surface area contributed by atoms with Crippen molar-refractivity contribution in [3.8, 4) is 5.75 Å². The summed E-state index contributed by atoms with van der Waals surface area (Å²) < 4.78 is 0. The summed E-state index contributed by atoms with van der Waals surface area (Å²) in [6, 6.07) is 11.1. The number of azo groups is 1. The Kier molecular flexibility index (Phi) is 3.56. The van der Waals surface area contributed by atoms with Crippen LogP contribution in [0.3, 0.4) is 0 Å². The number of carbonyl (C=O) groups is 1. The number of carboxylic acids is 1. The Morgan fingerprint density at radius 1 is 1.05 bits per heavy atom. The van der Waals surface area contributed by atoms with Crippen molar-refractivity contribution in [2.45, 2.75) is 6.92 Å². The molecule has 0 aliphatic carbocycles. The number of benzene rings is 2. The third-order valence-electron chi connectivity index (χ3n) is 2.58. The van der Waals surface area contributed by atoms with Crippen molar-refractivity contribution in [1.82, 2.24) is 0 Å². The maximum Gasteiger partial charge on any atom is 0.337 e. The highest BCUT2D eigenvalue weighted by molar-refractivity contribution is 5.94. The number of aromatic carboxylic acids is 1. The Bertz CT molecular complexity index is 634. The number of hydrogen-bond acceptors (Lipinski definition) is 4. The molecule has 0 unspecified atom stereocenters. The lowest BCUT2D eigenvalue weighted by molar-refractivity contribution is 0.0697. The fourth-order valence-electron chi connectivity index (χ4n) is 1.59. The molecule has 0 radical (unpaired) electrons. The number of carboxylic acid groups (broad SMARTS) is 1. The van der Waals surface area contributed by atoms with Crippen molar-refractivity contribution in [3.05, 3.63) is 53.6 Å². The highest BCUT2D eigenvalue weighted by Gasteiger charge is 2.11. The van der Waals surface area contributed by atoms with Gasteiger partial charge in [-0.15, -0.1) is 5.11 Å². The minimum atomic E-state index is -1.04. The van der Waals surface area contributed by atoms with E-state index in [2.05, 4.69) is 10.2 Å². The lowest BCUT2D eigenvalue weighted by atomic mass is 10.1. The summed E-state index contributed by atoms with van der Waals surface area (Å²) >= 11 is 0. The zero-order chi connectivity index (χ0) is 13.8. The molecule has 0 atom stereocenters. The first-order valence-corrected chi connectivity index (χ1v) is 5.61. The molecule has 0 saturated carbocycles. The number of nitrogens with zero attached hydrogens (tertiary/aromatic N) is 2. The first kappa shape index (κ1) is 12.8. The average Bonchev–Trinajstić information content (AvgIpc) is 2.39. The zero-order valence-corrected chi connectivity index (χ0v) is 10.2. The third kappa shape index (κ3) is 2.95. The second-order valence-electron chi connectivity index (χ2n) is 3.99. The number of hydrogen-bond donors (Lipinski definition) is 2. The van der Waals surface area contributed by atoms with Crippen molar-refractivity contribution in [2.75, 3.05) is 0 Å². The van der Waals surface area contributed by atoms with Crippen LogP contribution in [0.4, 0.5) is 11.4 Å². The van der Waals surface area contributed by atoms with Gasteiger partial charge in [0.1, 0.15) is 11.4 Å². The van der Waals surface area contributed by atoms with Gasteiger partial charge in [-0.2, -0.15) is 5.11 Å². The molecule has 0 aliphatic heterocycles. The van der Waals surface area contributed by atoms with Crippen LogP contribution < -0.4 is 0 Å². The molecule has 2 rings (SSSR count). The van der Waals surface area contributed by atoms with E-state index in [1.807, 2.05) is 0 Å². The number of aryl methyl sites for hydroxylation is 1. The van der Waals surface area contributed by atoms with E-state index in [-0.39, 0.29) is 11.3 Å². The molecule has 0 spiro atoms. The lowest BCUT2D eigenvalue weighted by Crippen LogP contribution is -1.97. The molecule has 0 aliphatic rings. The number of rotatable bonds is 3. The molecule has 0 bridgehead atoms. The predicted octanol–water partition coefficient (Wildman–Crippen LogP) is 3.81. The minimum Gasteiger partial charge on any atom is -0.508 e. The predicted molar refractivity (Wildman–Crippen MR) is 70.4 cm³/mol. The number of phenols is 1. The summed E-state index contributed by atoms with van der Waals surface area (Å²) in [5.74, 6) is -0.899. The second-order valence-corrected chi connectivity index (χ2v) is 3.99. The van der Waals surface area contributed by atoms with Gasteiger partial charge in [-0.05, 0) is 42.8 Å². The van der Waals surface area contributed by atoms with E-state index < -0.39 is 5.97 Å². The SMILES string of the molecule is Cc1cccc(C(=O)O)c1N=Nc1ccc(O)cc1. The van der Waals surface area contributed by atoms with E-state index in [4.69, 9.17) is 10.2 Å². The Hall–Kier alpha value is -2.69. The standard InChI is InChI=1S/C14H12N2O3/c1-9-3-2-4-12(14(18)19)13(9)16-15-10-5-7-11(17)8-6-10/h2-8,17H,1H3,(H,18,19). The van der Waals surface area contributed by atoms with Gasteiger partial charge in [-0.3, -0.25) is 0 Å². The van der Waals surface area contributed by atoms with Crippen LogP contribution in [0.15, 0.2) is 52.7 Å². The molecule has 2 N–H and O–H groups in total. The van der Waals surface area contributed by atoms with E-state index in [9.17, 15) is 4.79 Å². The normalized spacial score (nSPS) is 10.8. The monoisotopic (exact) mass is 256 g/mol. The smallest absolute Gasteiger partial charge is 0.337 e. The number of phenolic OH excluding ortho intramolecular Hbond substituents is 1. The fourth-order valence-corrected chi connectivity index (χ4v) is 1.59. The minimum absolute atomic E-state index is 0.113. The molecular formula is C14H12N2O3. The van der Waals surface area contributed by atoms with Crippen LogP contribution in [0.25, 0.3) is 0 Å². The van der Waals surface area contributed by atoms with Gasteiger partial charge in [0.2, 0.25) is 0 Å². The molecule has 2 aromatic carbocycles. The summed E-state index contributed by atoms with van der Waals surface area (Å²) in [5, 5.41) is 26.2. The molecule has 0 saturated heterocycles. The van der Waals surface area contributed by atoms with Gasteiger partial charge < -0.3 is 10.2 Å². The molecule has 19 heavy (non-hydrogen) atoms. The van der Waals surface area contributed by atoms with Crippen molar-refractivity contribution < 1.29 is 15.0 Å². The van der Waals surface area contributed by atoms with Crippen molar-refractivity contribution in [2.24, 2.45) is 10.2 Å². The Morgan fingerprint density at radius 2 is 1.74 bits per heavy atom. The van der Waals surface area contributed by atoms with Gasteiger partial charge in [0, 0.05) is 0 Å². The van der Waals surface area contributed by atoms with Crippen LogP contribution >= 0.6 is 0 Å². The van der Waals surface area contributed by atoms with E-state index in [1.165, 1.54) is 18.2 Å². The molecular weight excluding hydrogens is 244 g/mol. The van der Waals surface area contributed by atoms with E-state index in [0.29, 0.717) is 11.4 Å². The molecule has 0 fully saturated rings. The highest BCUT2D eigenvalue weighted by atomic mass is 16.4. The van der Waals surface area contributed by atoms with Crippen molar-refractivity contribution in [3.63, 3.8) is 0 Å². The van der Waals surface area contributed by atoms with E-state index in [0.717, 1.165) is 5.56 Å². The molecule has 0 amide bonds. The van der Waals surface area contributed by atoms with Crippen LogP contribution in [0.1, 0.15) is 15.9 Å². The summed E-state index contributed by atoms with van der Waals surface area (Å²) in [7, 11) is 0. The van der Waals surface area contributed by atoms with Crippen LogP contribution in [0, 0.1) is 6.92 Å². The fraction of sp³-hybridized carbons (Fsp3) is 0.0714. The summed E-state index contributed by atoms with van der Waals surface area (Å²) in [4.78, 5) is 11.1. The Labute approximate surface area is 109 Å². The third-order valence-corrected chi connectivity index (χ3v) is 2.58. The largest absolute Gasteiger partial charge is 0.508 e. The van der Waals surface area contributed by atoms with Gasteiger partial charge in [0.15, 0.2) is 0 Å². The van der Waals surface area contributed by atoms with Gasteiger partial charge in [-0.1, -0.05) is 12.1 Å². The topological polar surface area (TPSA) is 82.2 Å². The quantitative estimate of drug-likeness (QED) is 0.819.